The minimum atomic E-state index is -1.59. The van der Waals surface area contributed by atoms with Gasteiger partial charge in [-0.3, -0.25) is 4.66 Å². The molecule has 0 saturated carbocycles. The molecule has 0 aliphatic rings. The SMILES string of the molecule is CC(=C=N[Si](C)(C)C(C)(C)C)Cc1ccccc1. The van der Waals surface area contributed by atoms with Gasteiger partial charge in [0.1, 0.15) is 0 Å². The van der Waals surface area contributed by atoms with Gasteiger partial charge in [-0.1, -0.05) is 51.1 Å². The lowest BCUT2D eigenvalue weighted by atomic mass is 10.1. The van der Waals surface area contributed by atoms with Crippen LogP contribution in [0.5, 0.6) is 0 Å². The Balaban J connectivity index is 2.84. The van der Waals surface area contributed by atoms with Crippen LogP contribution in [0.4, 0.5) is 0 Å². The van der Waals surface area contributed by atoms with Crippen LogP contribution in [-0.2, 0) is 6.42 Å². The number of rotatable bonds is 3. The third-order valence-corrected chi connectivity index (χ3v) is 8.02. The lowest BCUT2D eigenvalue weighted by Gasteiger charge is -2.31. The first kappa shape index (κ1) is 14.9. The van der Waals surface area contributed by atoms with Gasteiger partial charge in [0.2, 0.25) is 0 Å². The van der Waals surface area contributed by atoms with Crippen LogP contribution < -0.4 is 0 Å². The second-order valence-corrected chi connectivity index (χ2v) is 11.3. The summed E-state index contributed by atoms with van der Waals surface area (Å²) in [6.07, 6.45) is 0.943. The zero-order valence-electron chi connectivity index (χ0n) is 12.5. The molecule has 0 radical (unpaired) electrons. The van der Waals surface area contributed by atoms with Crippen LogP contribution in [-0.4, -0.2) is 14.1 Å². The summed E-state index contributed by atoms with van der Waals surface area (Å²) >= 11 is 0. The fourth-order valence-corrected chi connectivity index (χ4v) is 2.15. The first-order valence-electron chi connectivity index (χ1n) is 6.57. The van der Waals surface area contributed by atoms with Gasteiger partial charge in [0.25, 0.3) is 0 Å². The van der Waals surface area contributed by atoms with E-state index in [4.69, 9.17) is 4.66 Å². The van der Waals surface area contributed by atoms with Crippen molar-refractivity contribution in [2.45, 2.75) is 52.2 Å². The van der Waals surface area contributed by atoms with E-state index >= 15 is 0 Å². The molecule has 1 aromatic carbocycles. The van der Waals surface area contributed by atoms with Crippen LogP contribution in [0.3, 0.4) is 0 Å². The summed E-state index contributed by atoms with van der Waals surface area (Å²) < 4.78 is 4.78. The number of benzene rings is 1. The Morgan fingerprint density at radius 3 is 2.22 bits per heavy atom. The van der Waals surface area contributed by atoms with Gasteiger partial charge in [0.05, 0.1) is 0 Å². The Morgan fingerprint density at radius 1 is 1.17 bits per heavy atom. The van der Waals surface area contributed by atoms with Crippen molar-refractivity contribution in [1.82, 2.24) is 0 Å². The van der Waals surface area contributed by atoms with Gasteiger partial charge >= 0.3 is 0 Å². The summed E-state index contributed by atoms with van der Waals surface area (Å²) in [6, 6.07) is 10.5. The van der Waals surface area contributed by atoms with Gasteiger partial charge in [-0.2, -0.15) is 0 Å². The molecule has 0 fully saturated rings. The number of allylic oxidation sites excluding steroid dienone is 1. The van der Waals surface area contributed by atoms with Crippen molar-refractivity contribution < 1.29 is 0 Å². The molecule has 1 rings (SSSR count). The Bertz CT molecular complexity index is 446. The Kier molecular flexibility index (Phi) is 4.72. The molecule has 0 amide bonds. The van der Waals surface area contributed by atoms with E-state index in [1.807, 2.05) is 6.07 Å². The van der Waals surface area contributed by atoms with Crippen molar-refractivity contribution in [2.75, 3.05) is 0 Å². The van der Waals surface area contributed by atoms with Crippen LogP contribution in [0, 0.1) is 0 Å². The normalized spacial score (nSPS) is 11.9. The van der Waals surface area contributed by atoms with Gasteiger partial charge in [0, 0.05) is 6.42 Å². The van der Waals surface area contributed by atoms with Crippen LogP contribution in [0.1, 0.15) is 33.3 Å². The van der Waals surface area contributed by atoms with Gasteiger partial charge in [-0.15, -0.1) is 0 Å². The van der Waals surface area contributed by atoms with E-state index < -0.39 is 8.24 Å². The molecule has 0 aliphatic carbocycles. The molecule has 1 aromatic rings. The predicted octanol–water partition coefficient (Wildman–Crippen LogP) is 4.85. The maximum absolute atomic E-state index is 4.78. The van der Waals surface area contributed by atoms with Crippen LogP contribution in [0.2, 0.25) is 18.1 Å². The van der Waals surface area contributed by atoms with Crippen molar-refractivity contribution >= 4 is 14.1 Å². The number of hydrogen-bond donors (Lipinski definition) is 0. The summed E-state index contributed by atoms with van der Waals surface area (Å²) in [5.74, 6) is 3.28. The molecule has 0 aromatic heterocycles. The highest BCUT2D eigenvalue weighted by molar-refractivity contribution is 6.79. The lowest BCUT2D eigenvalue weighted by Crippen LogP contribution is -2.34. The molecule has 0 saturated heterocycles. The van der Waals surface area contributed by atoms with E-state index in [9.17, 15) is 0 Å². The van der Waals surface area contributed by atoms with Crippen molar-refractivity contribution in [3.63, 3.8) is 0 Å². The molecule has 98 valence electrons. The largest absolute Gasteiger partial charge is 0.283 e. The quantitative estimate of drug-likeness (QED) is 0.543. The smallest absolute Gasteiger partial charge is 0.192 e. The lowest BCUT2D eigenvalue weighted by molar-refractivity contribution is 0.719. The summed E-state index contributed by atoms with van der Waals surface area (Å²) in [5, 5.41) is 0.285. The second kappa shape index (κ2) is 5.68. The maximum Gasteiger partial charge on any atom is 0.192 e. The summed E-state index contributed by atoms with van der Waals surface area (Å²) in [7, 11) is -1.59. The zero-order valence-corrected chi connectivity index (χ0v) is 13.5. The Labute approximate surface area is 113 Å². The van der Waals surface area contributed by atoms with E-state index in [1.165, 1.54) is 11.1 Å². The van der Waals surface area contributed by atoms with E-state index in [1.54, 1.807) is 0 Å². The standard InChI is InChI=1S/C16H25NSi/c1-14(12-15-10-8-7-9-11-15)13-17-18(5,6)16(2,3)4/h7-11H,12H2,1-6H3. The third kappa shape index (κ3) is 4.28. The summed E-state index contributed by atoms with van der Waals surface area (Å²) in [5.41, 5.74) is 2.54. The zero-order chi connectivity index (χ0) is 13.8. The summed E-state index contributed by atoms with van der Waals surface area (Å²) in [6.45, 7) is 13.5. The molecular formula is C16H25NSi. The first-order valence-corrected chi connectivity index (χ1v) is 9.51. The first-order chi connectivity index (χ1) is 8.22. The molecule has 1 nitrogen and oxygen atoms in total. The van der Waals surface area contributed by atoms with Gasteiger partial charge in [-0.05, 0) is 42.1 Å². The molecule has 0 unspecified atom stereocenters. The summed E-state index contributed by atoms with van der Waals surface area (Å²) in [4.78, 5) is 0. The molecule has 2 heteroatoms. The molecule has 0 heterocycles. The van der Waals surface area contributed by atoms with Crippen LogP contribution in [0.15, 0.2) is 40.6 Å². The highest BCUT2D eigenvalue weighted by Crippen LogP contribution is 2.36. The van der Waals surface area contributed by atoms with Gasteiger partial charge in [0.15, 0.2) is 8.24 Å². The Hall–Kier alpha value is -1.11. The van der Waals surface area contributed by atoms with Crippen molar-refractivity contribution in [2.24, 2.45) is 4.66 Å². The van der Waals surface area contributed by atoms with Crippen molar-refractivity contribution in [3.8, 4) is 0 Å². The minimum absolute atomic E-state index is 0.285. The average molecular weight is 259 g/mol. The number of hydrogen-bond acceptors (Lipinski definition) is 1. The highest BCUT2D eigenvalue weighted by atomic mass is 28.3. The molecular weight excluding hydrogens is 234 g/mol. The van der Waals surface area contributed by atoms with E-state index in [0.29, 0.717) is 0 Å². The third-order valence-electron chi connectivity index (χ3n) is 3.67. The van der Waals surface area contributed by atoms with E-state index in [0.717, 1.165) is 6.42 Å². The van der Waals surface area contributed by atoms with Crippen molar-refractivity contribution in [3.05, 3.63) is 41.5 Å². The molecule has 0 spiro atoms. The minimum Gasteiger partial charge on any atom is -0.283 e. The molecule has 0 atom stereocenters. The van der Waals surface area contributed by atoms with Crippen molar-refractivity contribution in [1.29, 1.82) is 0 Å². The molecule has 0 aliphatic heterocycles. The van der Waals surface area contributed by atoms with Gasteiger partial charge < -0.3 is 0 Å². The molecule has 0 bridgehead atoms. The Morgan fingerprint density at radius 2 is 1.72 bits per heavy atom. The number of nitrogens with zero attached hydrogens (tertiary/aromatic N) is 1. The fraction of sp³-hybridized carbons (Fsp3) is 0.500. The van der Waals surface area contributed by atoms with Crippen LogP contribution >= 0.6 is 0 Å². The van der Waals surface area contributed by atoms with E-state index in [-0.39, 0.29) is 5.04 Å². The van der Waals surface area contributed by atoms with Crippen LogP contribution in [0.25, 0.3) is 0 Å². The second-order valence-electron chi connectivity index (χ2n) is 6.48. The molecule has 0 N–H and O–H groups in total. The molecule has 18 heavy (non-hydrogen) atoms. The van der Waals surface area contributed by atoms with E-state index in [2.05, 4.69) is 70.9 Å². The maximum atomic E-state index is 4.78. The highest BCUT2D eigenvalue weighted by Gasteiger charge is 2.35. The topological polar surface area (TPSA) is 12.4 Å². The monoisotopic (exact) mass is 259 g/mol. The van der Waals surface area contributed by atoms with Gasteiger partial charge in [-0.25, -0.2) is 0 Å². The average Bonchev–Trinajstić information content (AvgIpc) is 2.26. The fourth-order valence-electron chi connectivity index (χ4n) is 1.34. The predicted molar refractivity (Wildman–Crippen MR) is 84.0 cm³/mol.